The van der Waals surface area contributed by atoms with Gasteiger partial charge >= 0.3 is 11.9 Å². The Morgan fingerprint density at radius 3 is 2.11 bits per heavy atom. The fourth-order valence-corrected chi connectivity index (χ4v) is 1.36. The van der Waals surface area contributed by atoms with E-state index in [0.29, 0.717) is 31.5 Å². The van der Waals surface area contributed by atoms with Crippen LogP contribution in [-0.2, 0) is 19.1 Å². The molecule has 0 aliphatic rings. The lowest BCUT2D eigenvalue weighted by atomic mass is 10.1. The van der Waals surface area contributed by atoms with Gasteiger partial charge in [0.1, 0.15) is 0 Å². The van der Waals surface area contributed by atoms with E-state index in [1.807, 2.05) is 13.8 Å². The largest absolute Gasteiger partial charge is 0.466 e. The molecule has 0 aliphatic carbocycles. The van der Waals surface area contributed by atoms with Gasteiger partial charge in [-0.05, 0) is 24.7 Å². The summed E-state index contributed by atoms with van der Waals surface area (Å²) in [6, 6.07) is 0. The van der Waals surface area contributed by atoms with Crippen molar-refractivity contribution in [1.29, 1.82) is 0 Å². The maximum absolute atomic E-state index is 11.4. The lowest BCUT2D eigenvalue weighted by Gasteiger charge is -2.09. The summed E-state index contributed by atoms with van der Waals surface area (Å²) in [7, 11) is 0. The Labute approximate surface area is 116 Å². The highest BCUT2D eigenvalue weighted by Crippen LogP contribution is 2.07. The maximum atomic E-state index is 11.4. The van der Waals surface area contributed by atoms with E-state index in [9.17, 15) is 9.59 Å². The molecule has 1 atom stereocenters. The minimum absolute atomic E-state index is 0.222. The van der Waals surface area contributed by atoms with Gasteiger partial charge in [0.2, 0.25) is 0 Å². The zero-order chi connectivity index (χ0) is 14.7. The van der Waals surface area contributed by atoms with E-state index in [0.717, 1.165) is 12.8 Å². The molecule has 0 bridgehead atoms. The van der Waals surface area contributed by atoms with Crippen molar-refractivity contribution < 1.29 is 19.1 Å². The first kappa shape index (κ1) is 17.9. The summed E-state index contributed by atoms with van der Waals surface area (Å²) in [6.45, 7) is 9.15. The molecule has 0 saturated carbocycles. The highest BCUT2D eigenvalue weighted by atomic mass is 16.5. The fourth-order valence-electron chi connectivity index (χ4n) is 1.36. The molecule has 0 spiro atoms. The highest BCUT2D eigenvalue weighted by molar-refractivity contribution is 5.72. The first-order valence-electron chi connectivity index (χ1n) is 7.26. The number of esters is 2. The molecule has 0 saturated heterocycles. The number of ether oxygens (including phenoxy) is 2. The predicted octanol–water partition coefficient (Wildman–Crippen LogP) is 3.34. The van der Waals surface area contributed by atoms with Gasteiger partial charge in [-0.25, -0.2) is 0 Å². The van der Waals surface area contributed by atoms with Gasteiger partial charge in [0, 0.05) is 12.8 Å². The van der Waals surface area contributed by atoms with E-state index < -0.39 is 0 Å². The number of hydrogen-bond acceptors (Lipinski definition) is 4. The van der Waals surface area contributed by atoms with Crippen LogP contribution in [0.5, 0.6) is 0 Å². The van der Waals surface area contributed by atoms with Gasteiger partial charge in [0.25, 0.3) is 0 Å². The third-order valence-corrected chi connectivity index (χ3v) is 2.91. The number of carbonyl (C=O) groups is 2. The molecule has 0 heterocycles. The Hall–Kier alpha value is -1.06. The normalized spacial score (nSPS) is 12.3. The monoisotopic (exact) mass is 272 g/mol. The van der Waals surface area contributed by atoms with Gasteiger partial charge in [-0.2, -0.15) is 0 Å². The average molecular weight is 272 g/mol. The molecule has 1 unspecified atom stereocenters. The van der Waals surface area contributed by atoms with Crippen LogP contribution in [-0.4, -0.2) is 25.2 Å². The van der Waals surface area contributed by atoms with Crippen molar-refractivity contribution in [2.45, 2.75) is 59.8 Å². The van der Waals surface area contributed by atoms with Crippen molar-refractivity contribution >= 4 is 11.9 Å². The molecule has 19 heavy (non-hydrogen) atoms. The molecular weight excluding hydrogens is 244 g/mol. The molecule has 0 aliphatic heterocycles. The van der Waals surface area contributed by atoms with Crippen molar-refractivity contribution in [2.24, 2.45) is 11.8 Å². The van der Waals surface area contributed by atoms with Crippen LogP contribution < -0.4 is 0 Å². The van der Waals surface area contributed by atoms with Gasteiger partial charge in [-0.1, -0.05) is 34.1 Å². The Bertz CT molecular complexity index is 261. The van der Waals surface area contributed by atoms with Crippen LogP contribution in [0.4, 0.5) is 0 Å². The smallest absolute Gasteiger partial charge is 0.305 e. The lowest BCUT2D eigenvalue weighted by molar-refractivity contribution is -0.146. The Kier molecular flexibility index (Phi) is 10.2. The summed E-state index contributed by atoms with van der Waals surface area (Å²) in [6.07, 6.45) is 3.07. The second kappa shape index (κ2) is 10.8. The van der Waals surface area contributed by atoms with Crippen LogP contribution in [0.2, 0.25) is 0 Å². The van der Waals surface area contributed by atoms with Crippen LogP contribution in [0.1, 0.15) is 59.8 Å². The van der Waals surface area contributed by atoms with Crippen LogP contribution >= 0.6 is 0 Å². The summed E-state index contributed by atoms with van der Waals surface area (Å²) >= 11 is 0. The SMILES string of the molecule is CCC(C)CCOC(=O)CCCC(=O)OCC(C)C. The first-order valence-corrected chi connectivity index (χ1v) is 7.26. The van der Waals surface area contributed by atoms with Crippen LogP contribution in [0, 0.1) is 11.8 Å². The van der Waals surface area contributed by atoms with E-state index in [-0.39, 0.29) is 24.8 Å². The molecular formula is C15H28O4. The highest BCUT2D eigenvalue weighted by Gasteiger charge is 2.08. The molecule has 0 radical (unpaired) electrons. The Morgan fingerprint density at radius 1 is 1.00 bits per heavy atom. The second-order valence-electron chi connectivity index (χ2n) is 5.45. The maximum Gasteiger partial charge on any atom is 0.305 e. The van der Waals surface area contributed by atoms with Gasteiger partial charge in [0.05, 0.1) is 13.2 Å². The molecule has 0 aromatic heterocycles. The number of carbonyl (C=O) groups excluding carboxylic acids is 2. The quantitative estimate of drug-likeness (QED) is 0.572. The van der Waals surface area contributed by atoms with Crippen molar-refractivity contribution in [3.8, 4) is 0 Å². The molecule has 4 nitrogen and oxygen atoms in total. The third-order valence-electron chi connectivity index (χ3n) is 2.91. The molecule has 4 heteroatoms. The molecule has 0 aromatic carbocycles. The Morgan fingerprint density at radius 2 is 1.58 bits per heavy atom. The molecule has 112 valence electrons. The van der Waals surface area contributed by atoms with E-state index >= 15 is 0 Å². The molecule has 0 aromatic rings. The van der Waals surface area contributed by atoms with Gasteiger partial charge < -0.3 is 9.47 Å². The zero-order valence-corrected chi connectivity index (χ0v) is 12.7. The molecule has 0 fully saturated rings. The summed E-state index contributed by atoms with van der Waals surface area (Å²) in [5.41, 5.74) is 0. The van der Waals surface area contributed by atoms with Crippen LogP contribution in [0.3, 0.4) is 0 Å². The van der Waals surface area contributed by atoms with E-state index in [2.05, 4.69) is 13.8 Å². The molecule has 0 N–H and O–H groups in total. The minimum atomic E-state index is -0.235. The number of hydrogen-bond donors (Lipinski definition) is 0. The predicted molar refractivity (Wildman–Crippen MR) is 74.7 cm³/mol. The average Bonchev–Trinajstić information content (AvgIpc) is 2.36. The van der Waals surface area contributed by atoms with E-state index in [4.69, 9.17) is 9.47 Å². The summed E-state index contributed by atoms with van der Waals surface area (Å²) in [5.74, 6) is 0.467. The minimum Gasteiger partial charge on any atom is -0.466 e. The summed E-state index contributed by atoms with van der Waals surface area (Å²) in [4.78, 5) is 22.7. The van der Waals surface area contributed by atoms with E-state index in [1.165, 1.54) is 0 Å². The van der Waals surface area contributed by atoms with Crippen molar-refractivity contribution in [2.75, 3.05) is 13.2 Å². The topological polar surface area (TPSA) is 52.6 Å². The molecule has 0 amide bonds. The summed E-state index contributed by atoms with van der Waals surface area (Å²) in [5, 5.41) is 0. The Balaban J connectivity index is 3.50. The van der Waals surface area contributed by atoms with Crippen LogP contribution in [0.15, 0.2) is 0 Å². The zero-order valence-electron chi connectivity index (χ0n) is 12.7. The number of rotatable bonds is 10. The van der Waals surface area contributed by atoms with Crippen molar-refractivity contribution in [3.63, 3.8) is 0 Å². The van der Waals surface area contributed by atoms with E-state index in [1.54, 1.807) is 0 Å². The van der Waals surface area contributed by atoms with Gasteiger partial charge in [0.15, 0.2) is 0 Å². The second-order valence-corrected chi connectivity index (χ2v) is 5.45. The first-order chi connectivity index (χ1) is 8.95. The summed E-state index contributed by atoms with van der Waals surface area (Å²) < 4.78 is 10.1. The lowest BCUT2D eigenvalue weighted by Crippen LogP contribution is -2.12. The van der Waals surface area contributed by atoms with Gasteiger partial charge in [-0.15, -0.1) is 0 Å². The molecule has 0 rings (SSSR count). The van der Waals surface area contributed by atoms with Crippen molar-refractivity contribution in [3.05, 3.63) is 0 Å². The van der Waals surface area contributed by atoms with Crippen molar-refractivity contribution in [1.82, 2.24) is 0 Å². The van der Waals surface area contributed by atoms with Crippen LogP contribution in [0.25, 0.3) is 0 Å². The third kappa shape index (κ3) is 11.7. The standard InChI is InChI=1S/C15H28O4/c1-5-13(4)9-10-18-14(16)7-6-8-15(17)19-11-12(2)3/h12-13H,5-11H2,1-4H3. The van der Waals surface area contributed by atoms with Gasteiger partial charge in [-0.3, -0.25) is 9.59 Å². The fraction of sp³-hybridized carbons (Fsp3) is 0.867.